The molecule has 0 amide bonds. The van der Waals surface area contributed by atoms with Gasteiger partial charge in [0.1, 0.15) is 0 Å². The van der Waals surface area contributed by atoms with Gasteiger partial charge in [0, 0.05) is 24.3 Å². The molecule has 0 saturated carbocycles. The van der Waals surface area contributed by atoms with E-state index in [9.17, 15) is 18.5 Å². The SMILES string of the molecule is CC1CC(C)N(S(=O)(=O)c2ccc(N)cc2[N+](=O)[O-])C1. The van der Waals surface area contributed by atoms with Crippen molar-refractivity contribution >= 4 is 21.4 Å². The zero-order valence-corrected chi connectivity index (χ0v) is 12.1. The lowest BCUT2D eigenvalue weighted by atomic mass is 10.1. The van der Waals surface area contributed by atoms with E-state index in [0.29, 0.717) is 6.54 Å². The zero-order chi connectivity index (χ0) is 15.1. The summed E-state index contributed by atoms with van der Waals surface area (Å²) in [6.45, 7) is 4.15. The Labute approximate surface area is 117 Å². The number of hydrogen-bond acceptors (Lipinski definition) is 5. The fourth-order valence-electron chi connectivity index (χ4n) is 2.62. The van der Waals surface area contributed by atoms with Crippen LogP contribution in [0.5, 0.6) is 0 Å². The lowest BCUT2D eigenvalue weighted by Gasteiger charge is -2.20. The first kappa shape index (κ1) is 14.7. The van der Waals surface area contributed by atoms with Gasteiger partial charge in [-0.3, -0.25) is 10.1 Å². The maximum atomic E-state index is 12.6. The van der Waals surface area contributed by atoms with E-state index in [2.05, 4.69) is 0 Å². The van der Waals surface area contributed by atoms with Crippen molar-refractivity contribution in [1.29, 1.82) is 0 Å². The molecular formula is C12H17N3O4S. The quantitative estimate of drug-likeness (QED) is 0.518. The maximum Gasteiger partial charge on any atom is 0.291 e. The molecule has 1 fully saturated rings. The van der Waals surface area contributed by atoms with Gasteiger partial charge in [0.15, 0.2) is 4.90 Å². The molecule has 0 spiro atoms. The van der Waals surface area contributed by atoms with Crippen LogP contribution in [0.25, 0.3) is 0 Å². The van der Waals surface area contributed by atoms with Crippen molar-refractivity contribution < 1.29 is 13.3 Å². The van der Waals surface area contributed by atoms with Gasteiger partial charge < -0.3 is 5.73 Å². The molecule has 0 radical (unpaired) electrons. The number of anilines is 1. The molecule has 2 unspecified atom stereocenters. The molecule has 0 aromatic heterocycles. The van der Waals surface area contributed by atoms with Crippen LogP contribution >= 0.6 is 0 Å². The summed E-state index contributed by atoms with van der Waals surface area (Å²) in [6, 6.07) is 3.49. The third-order valence-corrected chi connectivity index (χ3v) is 5.52. The highest BCUT2D eigenvalue weighted by Gasteiger charge is 2.39. The van der Waals surface area contributed by atoms with E-state index >= 15 is 0 Å². The van der Waals surface area contributed by atoms with E-state index in [4.69, 9.17) is 5.73 Å². The van der Waals surface area contributed by atoms with Crippen LogP contribution in [-0.4, -0.2) is 30.2 Å². The van der Waals surface area contributed by atoms with Crippen molar-refractivity contribution in [3.63, 3.8) is 0 Å². The van der Waals surface area contributed by atoms with E-state index in [1.807, 2.05) is 13.8 Å². The summed E-state index contributed by atoms with van der Waals surface area (Å²) in [5.41, 5.74) is 5.19. The number of nitrogens with two attached hydrogens (primary N) is 1. The monoisotopic (exact) mass is 299 g/mol. The summed E-state index contributed by atoms with van der Waals surface area (Å²) in [5, 5.41) is 11.0. The molecule has 1 aliphatic rings. The van der Waals surface area contributed by atoms with Gasteiger partial charge in [0.05, 0.1) is 4.92 Å². The van der Waals surface area contributed by atoms with Crippen molar-refractivity contribution in [1.82, 2.24) is 4.31 Å². The highest BCUT2D eigenvalue weighted by molar-refractivity contribution is 7.89. The fourth-order valence-corrected chi connectivity index (χ4v) is 4.52. The van der Waals surface area contributed by atoms with Crippen molar-refractivity contribution in [3.05, 3.63) is 28.3 Å². The third-order valence-electron chi connectivity index (χ3n) is 3.49. The summed E-state index contributed by atoms with van der Waals surface area (Å²) in [7, 11) is -3.88. The van der Waals surface area contributed by atoms with Crippen LogP contribution in [-0.2, 0) is 10.0 Å². The average molecular weight is 299 g/mol. The van der Waals surface area contributed by atoms with Crippen LogP contribution in [0.4, 0.5) is 11.4 Å². The lowest BCUT2D eigenvalue weighted by Crippen LogP contribution is -2.34. The number of nitro groups is 1. The molecule has 1 aromatic rings. The normalized spacial score (nSPS) is 23.9. The number of nitrogens with zero attached hydrogens (tertiary/aromatic N) is 2. The summed E-state index contributed by atoms with van der Waals surface area (Å²) < 4.78 is 26.5. The molecule has 1 saturated heterocycles. The van der Waals surface area contributed by atoms with Crippen molar-refractivity contribution in [3.8, 4) is 0 Å². The highest BCUT2D eigenvalue weighted by Crippen LogP contribution is 2.33. The van der Waals surface area contributed by atoms with E-state index in [1.165, 1.54) is 16.4 Å². The Morgan fingerprint density at radius 2 is 2.05 bits per heavy atom. The lowest BCUT2D eigenvalue weighted by molar-refractivity contribution is -0.387. The Hall–Kier alpha value is -1.67. The first-order valence-corrected chi connectivity index (χ1v) is 7.73. The standard InChI is InChI=1S/C12H17N3O4S/c1-8-5-9(2)14(7-8)20(18,19)12-4-3-10(13)6-11(12)15(16)17/h3-4,6,8-9H,5,7,13H2,1-2H3. The Balaban J connectivity index is 2.53. The van der Waals surface area contributed by atoms with Gasteiger partial charge in [-0.05, 0) is 31.4 Å². The smallest absolute Gasteiger partial charge is 0.291 e. The minimum atomic E-state index is -3.88. The molecule has 8 heteroatoms. The first-order valence-electron chi connectivity index (χ1n) is 6.29. The molecule has 20 heavy (non-hydrogen) atoms. The largest absolute Gasteiger partial charge is 0.399 e. The second-order valence-electron chi connectivity index (χ2n) is 5.25. The molecular weight excluding hydrogens is 282 g/mol. The van der Waals surface area contributed by atoms with Crippen LogP contribution in [0.15, 0.2) is 23.1 Å². The van der Waals surface area contributed by atoms with E-state index < -0.39 is 20.6 Å². The van der Waals surface area contributed by atoms with Crippen LogP contribution in [0, 0.1) is 16.0 Å². The van der Waals surface area contributed by atoms with Gasteiger partial charge in [-0.2, -0.15) is 4.31 Å². The number of sulfonamides is 1. The highest BCUT2D eigenvalue weighted by atomic mass is 32.2. The molecule has 1 aliphatic heterocycles. The number of nitro benzene ring substituents is 1. The average Bonchev–Trinajstić information content (AvgIpc) is 2.68. The van der Waals surface area contributed by atoms with Crippen LogP contribution in [0.2, 0.25) is 0 Å². The molecule has 2 atom stereocenters. The van der Waals surface area contributed by atoms with Gasteiger partial charge in [-0.15, -0.1) is 0 Å². The number of hydrogen-bond donors (Lipinski definition) is 1. The zero-order valence-electron chi connectivity index (χ0n) is 11.3. The van der Waals surface area contributed by atoms with Crippen molar-refractivity contribution in [2.24, 2.45) is 5.92 Å². The summed E-state index contributed by atoms with van der Waals surface area (Å²) >= 11 is 0. The molecule has 110 valence electrons. The van der Waals surface area contributed by atoms with Crippen LogP contribution < -0.4 is 5.73 Å². The van der Waals surface area contributed by atoms with E-state index in [0.717, 1.165) is 12.5 Å². The van der Waals surface area contributed by atoms with Gasteiger partial charge >= 0.3 is 0 Å². The Morgan fingerprint density at radius 1 is 1.40 bits per heavy atom. The van der Waals surface area contributed by atoms with Crippen molar-refractivity contribution in [2.45, 2.75) is 31.2 Å². The summed E-state index contributed by atoms with van der Waals surface area (Å²) in [5.74, 6) is 0.243. The summed E-state index contributed by atoms with van der Waals surface area (Å²) in [6.07, 6.45) is 0.752. The Kier molecular flexibility index (Phi) is 3.70. The molecule has 0 bridgehead atoms. The minimum Gasteiger partial charge on any atom is -0.399 e. The number of nitrogen functional groups attached to an aromatic ring is 1. The van der Waals surface area contributed by atoms with Gasteiger partial charge in [0.25, 0.3) is 5.69 Å². The second-order valence-corrected chi connectivity index (χ2v) is 7.11. The topological polar surface area (TPSA) is 107 Å². The Morgan fingerprint density at radius 3 is 2.55 bits per heavy atom. The maximum absolute atomic E-state index is 12.6. The van der Waals surface area contributed by atoms with Crippen LogP contribution in [0.1, 0.15) is 20.3 Å². The predicted molar refractivity (Wildman–Crippen MR) is 74.6 cm³/mol. The fraction of sp³-hybridized carbons (Fsp3) is 0.500. The second kappa shape index (κ2) is 5.02. The van der Waals surface area contributed by atoms with E-state index in [1.54, 1.807) is 0 Å². The molecule has 0 aliphatic carbocycles. The molecule has 1 aromatic carbocycles. The Bertz CT molecular complexity index is 644. The predicted octanol–water partition coefficient (Wildman–Crippen LogP) is 1.60. The van der Waals surface area contributed by atoms with Crippen molar-refractivity contribution in [2.75, 3.05) is 12.3 Å². The number of benzene rings is 1. The third kappa shape index (κ3) is 2.48. The van der Waals surface area contributed by atoms with Gasteiger partial charge in [0.2, 0.25) is 10.0 Å². The van der Waals surface area contributed by atoms with Crippen LogP contribution in [0.3, 0.4) is 0 Å². The van der Waals surface area contributed by atoms with E-state index in [-0.39, 0.29) is 22.5 Å². The molecule has 1 heterocycles. The van der Waals surface area contributed by atoms with Gasteiger partial charge in [-0.1, -0.05) is 6.92 Å². The van der Waals surface area contributed by atoms with Gasteiger partial charge in [-0.25, -0.2) is 8.42 Å². The first-order chi connectivity index (χ1) is 9.23. The number of rotatable bonds is 3. The molecule has 2 N–H and O–H groups in total. The minimum absolute atomic E-state index is 0.160. The summed E-state index contributed by atoms with van der Waals surface area (Å²) in [4.78, 5) is 10.0. The molecule has 7 nitrogen and oxygen atoms in total. The molecule has 2 rings (SSSR count).